The Kier molecular flexibility index (Phi) is 5.79. The number of thioether (sulfide) groups is 2. The van der Waals surface area contributed by atoms with Crippen LogP contribution >= 0.6 is 23.5 Å². The second kappa shape index (κ2) is 7.68. The Morgan fingerprint density at radius 3 is 2.50 bits per heavy atom. The molecule has 1 aromatic carbocycles. The maximum Gasteiger partial charge on any atom is 0.251 e. The van der Waals surface area contributed by atoms with Crippen LogP contribution in [0.3, 0.4) is 0 Å². The minimum atomic E-state index is -3.20. The summed E-state index contributed by atoms with van der Waals surface area (Å²) >= 11 is 3.88. The lowest BCUT2D eigenvalue weighted by molar-refractivity contribution is 0.0921. The second-order valence-electron chi connectivity index (χ2n) is 6.13. The van der Waals surface area contributed by atoms with Gasteiger partial charge in [-0.1, -0.05) is 12.1 Å². The minimum absolute atomic E-state index is 0.124. The van der Waals surface area contributed by atoms with E-state index in [4.69, 9.17) is 0 Å². The average Bonchev–Trinajstić information content (AvgIpc) is 3.09. The molecule has 24 heavy (non-hydrogen) atoms. The van der Waals surface area contributed by atoms with Crippen molar-refractivity contribution in [2.24, 2.45) is 0 Å². The number of amides is 1. The molecule has 2 aliphatic heterocycles. The quantitative estimate of drug-likeness (QED) is 0.860. The van der Waals surface area contributed by atoms with Crippen LogP contribution in [0.25, 0.3) is 0 Å². The zero-order chi connectivity index (χ0) is 17.2. The molecule has 5 nitrogen and oxygen atoms in total. The standard InChI is InChI=1S/C16H22N2O3S3/c1-24(20,21)18-8-2-3-14(11-18)17-15(19)12-4-6-13(7-5-12)16-22-9-10-23-16/h4-7,14,16H,2-3,8-11H2,1H3,(H,17,19)/t14-/m1/s1. The van der Waals surface area contributed by atoms with Gasteiger partial charge in [-0.25, -0.2) is 12.7 Å². The van der Waals surface area contributed by atoms with E-state index in [9.17, 15) is 13.2 Å². The van der Waals surface area contributed by atoms with Gasteiger partial charge in [0, 0.05) is 36.2 Å². The molecule has 2 heterocycles. The maximum absolute atomic E-state index is 12.4. The molecule has 0 saturated carbocycles. The number of carbonyl (C=O) groups is 1. The van der Waals surface area contributed by atoms with Gasteiger partial charge in [0.25, 0.3) is 5.91 Å². The van der Waals surface area contributed by atoms with E-state index in [0.717, 1.165) is 12.8 Å². The van der Waals surface area contributed by atoms with Gasteiger partial charge in [0.1, 0.15) is 0 Å². The van der Waals surface area contributed by atoms with Crippen LogP contribution < -0.4 is 5.32 Å². The van der Waals surface area contributed by atoms with Gasteiger partial charge in [-0.15, -0.1) is 23.5 Å². The second-order valence-corrected chi connectivity index (χ2v) is 10.8. The molecule has 1 aromatic rings. The highest BCUT2D eigenvalue weighted by molar-refractivity contribution is 8.19. The number of nitrogens with zero attached hydrogens (tertiary/aromatic N) is 1. The first-order valence-corrected chi connectivity index (χ1v) is 12.0. The van der Waals surface area contributed by atoms with Gasteiger partial charge in [-0.05, 0) is 30.5 Å². The zero-order valence-electron chi connectivity index (χ0n) is 13.6. The molecular weight excluding hydrogens is 364 g/mol. The Hall–Kier alpha value is -0.700. The number of hydrogen-bond acceptors (Lipinski definition) is 5. The molecule has 2 aliphatic rings. The number of hydrogen-bond donors (Lipinski definition) is 1. The summed E-state index contributed by atoms with van der Waals surface area (Å²) in [5.41, 5.74) is 1.88. The molecular formula is C16H22N2O3S3. The number of sulfonamides is 1. The van der Waals surface area contributed by atoms with E-state index in [1.807, 2.05) is 47.8 Å². The van der Waals surface area contributed by atoms with Crippen molar-refractivity contribution in [2.75, 3.05) is 30.9 Å². The van der Waals surface area contributed by atoms with E-state index >= 15 is 0 Å². The summed E-state index contributed by atoms with van der Waals surface area (Å²) in [7, 11) is -3.20. The number of rotatable bonds is 4. The van der Waals surface area contributed by atoms with Crippen LogP contribution in [-0.2, 0) is 10.0 Å². The van der Waals surface area contributed by atoms with Gasteiger partial charge < -0.3 is 5.32 Å². The molecule has 0 bridgehead atoms. The third kappa shape index (κ3) is 4.47. The monoisotopic (exact) mass is 386 g/mol. The SMILES string of the molecule is CS(=O)(=O)N1CCC[C@@H](NC(=O)c2ccc(C3SCCS3)cc2)C1. The third-order valence-electron chi connectivity index (χ3n) is 4.26. The fourth-order valence-electron chi connectivity index (χ4n) is 2.97. The number of piperidine rings is 1. The largest absolute Gasteiger partial charge is 0.348 e. The third-order valence-corrected chi connectivity index (χ3v) is 8.63. The van der Waals surface area contributed by atoms with Crippen molar-refractivity contribution >= 4 is 39.5 Å². The summed E-state index contributed by atoms with van der Waals surface area (Å²) in [5, 5.41) is 2.97. The first-order chi connectivity index (χ1) is 11.4. The van der Waals surface area contributed by atoms with E-state index in [1.165, 1.54) is 27.6 Å². The van der Waals surface area contributed by atoms with Gasteiger partial charge in [0.2, 0.25) is 10.0 Å². The van der Waals surface area contributed by atoms with Crippen molar-refractivity contribution in [2.45, 2.75) is 23.5 Å². The highest BCUT2D eigenvalue weighted by atomic mass is 32.2. The Labute approximate surface area is 152 Å². The van der Waals surface area contributed by atoms with Crippen LogP contribution in [0, 0.1) is 0 Å². The van der Waals surface area contributed by atoms with Crippen molar-refractivity contribution in [1.82, 2.24) is 9.62 Å². The lowest BCUT2D eigenvalue weighted by atomic mass is 10.1. The van der Waals surface area contributed by atoms with Crippen molar-refractivity contribution in [1.29, 1.82) is 0 Å². The molecule has 2 fully saturated rings. The molecule has 132 valence electrons. The van der Waals surface area contributed by atoms with Crippen molar-refractivity contribution < 1.29 is 13.2 Å². The summed E-state index contributed by atoms with van der Waals surface area (Å²) in [6.07, 6.45) is 2.80. The molecule has 0 aliphatic carbocycles. The van der Waals surface area contributed by atoms with E-state index in [-0.39, 0.29) is 11.9 Å². The zero-order valence-corrected chi connectivity index (χ0v) is 16.1. The van der Waals surface area contributed by atoms with Gasteiger partial charge in [-0.3, -0.25) is 4.79 Å². The van der Waals surface area contributed by atoms with E-state index < -0.39 is 10.0 Å². The van der Waals surface area contributed by atoms with Gasteiger partial charge in [-0.2, -0.15) is 0 Å². The number of benzene rings is 1. The highest BCUT2D eigenvalue weighted by Crippen LogP contribution is 2.45. The molecule has 0 aromatic heterocycles. The van der Waals surface area contributed by atoms with E-state index in [0.29, 0.717) is 23.2 Å². The lowest BCUT2D eigenvalue weighted by Crippen LogP contribution is -2.49. The predicted molar refractivity (Wildman–Crippen MR) is 101 cm³/mol. The Bertz CT molecular complexity index is 685. The predicted octanol–water partition coefficient (Wildman–Crippen LogP) is 2.32. The minimum Gasteiger partial charge on any atom is -0.348 e. The number of carbonyl (C=O) groups excluding carboxylic acids is 1. The number of nitrogens with one attached hydrogen (secondary N) is 1. The van der Waals surface area contributed by atoms with Crippen LogP contribution in [0.4, 0.5) is 0 Å². The molecule has 1 N–H and O–H groups in total. The molecule has 3 rings (SSSR count). The van der Waals surface area contributed by atoms with Gasteiger partial charge in [0.15, 0.2) is 0 Å². The fourth-order valence-corrected chi connectivity index (χ4v) is 6.74. The van der Waals surface area contributed by atoms with Crippen LogP contribution in [0.15, 0.2) is 24.3 Å². The smallest absolute Gasteiger partial charge is 0.251 e. The Balaban J connectivity index is 1.60. The first kappa shape index (κ1) is 18.1. The Morgan fingerprint density at radius 1 is 1.21 bits per heavy atom. The van der Waals surface area contributed by atoms with E-state index in [2.05, 4.69) is 5.32 Å². The lowest BCUT2D eigenvalue weighted by Gasteiger charge is -2.31. The van der Waals surface area contributed by atoms with E-state index in [1.54, 1.807) is 0 Å². The molecule has 8 heteroatoms. The first-order valence-electron chi connectivity index (χ1n) is 8.02. The summed E-state index contributed by atoms with van der Waals surface area (Å²) in [5.74, 6) is 2.22. The van der Waals surface area contributed by atoms with Crippen molar-refractivity contribution in [3.8, 4) is 0 Å². The van der Waals surface area contributed by atoms with Gasteiger partial charge >= 0.3 is 0 Å². The summed E-state index contributed by atoms with van der Waals surface area (Å²) in [6.45, 7) is 0.897. The van der Waals surface area contributed by atoms with Crippen molar-refractivity contribution in [3.05, 3.63) is 35.4 Å². The van der Waals surface area contributed by atoms with Crippen molar-refractivity contribution in [3.63, 3.8) is 0 Å². The summed E-state index contributed by atoms with van der Waals surface area (Å²) < 4.78 is 25.2. The topological polar surface area (TPSA) is 66.5 Å². The average molecular weight is 387 g/mol. The summed E-state index contributed by atoms with van der Waals surface area (Å²) in [6, 6.07) is 7.65. The van der Waals surface area contributed by atoms with Gasteiger partial charge in [0.05, 0.1) is 10.8 Å². The summed E-state index contributed by atoms with van der Waals surface area (Å²) in [4.78, 5) is 12.4. The van der Waals surface area contributed by atoms with Crippen LogP contribution in [-0.4, -0.2) is 55.5 Å². The molecule has 0 unspecified atom stereocenters. The van der Waals surface area contributed by atoms with Crippen LogP contribution in [0.1, 0.15) is 33.3 Å². The molecule has 0 radical (unpaired) electrons. The molecule has 1 amide bonds. The maximum atomic E-state index is 12.4. The Morgan fingerprint density at radius 2 is 1.88 bits per heavy atom. The fraction of sp³-hybridized carbons (Fsp3) is 0.562. The van der Waals surface area contributed by atoms with Crippen LogP contribution in [0.5, 0.6) is 0 Å². The molecule has 1 atom stereocenters. The molecule has 2 saturated heterocycles. The molecule has 0 spiro atoms. The van der Waals surface area contributed by atoms with Crippen LogP contribution in [0.2, 0.25) is 0 Å². The normalized spacial score (nSPS) is 23.3. The highest BCUT2D eigenvalue weighted by Gasteiger charge is 2.27.